The summed E-state index contributed by atoms with van der Waals surface area (Å²) in [6.07, 6.45) is 7.70. The Kier molecular flexibility index (Phi) is 4.95. The third-order valence-electron chi connectivity index (χ3n) is 3.73. The normalized spacial score (nSPS) is 33.4. The third-order valence-corrected chi connectivity index (χ3v) is 4.30. The van der Waals surface area contributed by atoms with Crippen LogP contribution in [0, 0.1) is 0 Å². The number of hydrogen-bond acceptors (Lipinski definition) is 4. The zero-order valence-electron chi connectivity index (χ0n) is 10.4. The maximum Gasteiger partial charge on any atom is 0.0633 e. The van der Waals surface area contributed by atoms with Crippen LogP contribution in [0.4, 0.5) is 0 Å². The van der Waals surface area contributed by atoms with Crippen molar-refractivity contribution in [1.29, 1.82) is 0 Å². The highest BCUT2D eigenvalue weighted by molar-refractivity contribution is 7.96. The monoisotopic (exact) mass is 244 g/mol. The lowest BCUT2D eigenvalue weighted by Crippen LogP contribution is -2.33. The molecule has 0 spiro atoms. The molecule has 0 aliphatic carbocycles. The molecule has 3 atom stereocenters. The lowest BCUT2D eigenvalue weighted by molar-refractivity contribution is 0.0776. The predicted molar refractivity (Wildman–Crippen MR) is 69.7 cm³/mol. The van der Waals surface area contributed by atoms with E-state index in [4.69, 9.17) is 4.74 Å². The molecule has 2 aliphatic heterocycles. The van der Waals surface area contributed by atoms with Gasteiger partial charge in [-0.1, -0.05) is 11.9 Å². The second kappa shape index (κ2) is 6.24. The van der Waals surface area contributed by atoms with E-state index in [-0.39, 0.29) is 0 Å². The lowest BCUT2D eigenvalue weighted by Gasteiger charge is -2.25. The van der Waals surface area contributed by atoms with Crippen LogP contribution in [0.1, 0.15) is 32.6 Å². The van der Waals surface area contributed by atoms with Crippen molar-refractivity contribution in [3.8, 4) is 0 Å². The van der Waals surface area contributed by atoms with Gasteiger partial charge in [0.2, 0.25) is 0 Å². The highest BCUT2D eigenvalue weighted by atomic mass is 32.2. The number of nitrogens with zero attached hydrogens (tertiary/aromatic N) is 1. The van der Waals surface area contributed by atoms with Gasteiger partial charge in [0, 0.05) is 12.1 Å². The molecule has 0 radical (unpaired) electrons. The molecule has 2 saturated heterocycles. The molecule has 2 unspecified atom stereocenters. The first kappa shape index (κ1) is 12.7. The molecule has 0 amide bonds. The van der Waals surface area contributed by atoms with Crippen molar-refractivity contribution in [1.82, 2.24) is 9.62 Å². The van der Waals surface area contributed by atoms with E-state index in [2.05, 4.69) is 22.8 Å². The first-order valence-electron chi connectivity index (χ1n) is 6.43. The summed E-state index contributed by atoms with van der Waals surface area (Å²) in [5.74, 6) is 0. The highest BCUT2D eigenvalue weighted by Gasteiger charge is 2.28. The van der Waals surface area contributed by atoms with Crippen LogP contribution >= 0.6 is 11.9 Å². The molecule has 2 fully saturated rings. The van der Waals surface area contributed by atoms with E-state index in [0.717, 1.165) is 6.61 Å². The minimum Gasteiger partial charge on any atom is -0.376 e. The minimum atomic E-state index is 0.472. The summed E-state index contributed by atoms with van der Waals surface area (Å²) in [5, 5.41) is 0. The Bertz CT molecular complexity index is 209. The standard InChI is InChI=1S/C12H24N2OS/c1-10(14-5-3-4-6-14)7-12-8-11(9-15-12)13-16-2/h10-13H,3-9H2,1-2H3/t10?,11-,12?/m1/s1. The number of rotatable bonds is 5. The number of nitrogens with one attached hydrogen (secondary N) is 1. The molecular formula is C12H24N2OS. The van der Waals surface area contributed by atoms with E-state index >= 15 is 0 Å². The molecule has 2 heterocycles. The van der Waals surface area contributed by atoms with E-state index in [1.54, 1.807) is 11.9 Å². The second-order valence-corrected chi connectivity index (χ2v) is 5.68. The largest absolute Gasteiger partial charge is 0.376 e. The van der Waals surface area contributed by atoms with Crippen molar-refractivity contribution < 1.29 is 4.74 Å². The molecular weight excluding hydrogens is 220 g/mol. The van der Waals surface area contributed by atoms with Crippen molar-refractivity contribution in [3.05, 3.63) is 0 Å². The topological polar surface area (TPSA) is 24.5 Å². The summed E-state index contributed by atoms with van der Waals surface area (Å²) in [4.78, 5) is 2.61. The van der Waals surface area contributed by atoms with Crippen molar-refractivity contribution >= 4 is 11.9 Å². The smallest absolute Gasteiger partial charge is 0.0633 e. The van der Waals surface area contributed by atoms with Crippen molar-refractivity contribution in [2.45, 2.75) is 50.8 Å². The van der Waals surface area contributed by atoms with Gasteiger partial charge in [0.15, 0.2) is 0 Å². The minimum absolute atomic E-state index is 0.472. The average molecular weight is 244 g/mol. The number of hydrogen-bond donors (Lipinski definition) is 1. The van der Waals surface area contributed by atoms with E-state index < -0.39 is 0 Å². The van der Waals surface area contributed by atoms with Crippen LogP contribution < -0.4 is 4.72 Å². The Labute approximate surface area is 103 Å². The molecule has 0 bridgehead atoms. The summed E-state index contributed by atoms with van der Waals surface area (Å²) in [7, 11) is 0. The quantitative estimate of drug-likeness (QED) is 0.746. The van der Waals surface area contributed by atoms with Gasteiger partial charge in [0.1, 0.15) is 0 Å². The zero-order valence-corrected chi connectivity index (χ0v) is 11.3. The van der Waals surface area contributed by atoms with E-state index in [0.29, 0.717) is 18.2 Å². The molecule has 0 aromatic heterocycles. The van der Waals surface area contributed by atoms with Crippen LogP contribution in [0.25, 0.3) is 0 Å². The molecule has 94 valence electrons. The van der Waals surface area contributed by atoms with Crippen LogP contribution in [0.15, 0.2) is 0 Å². The SMILES string of the molecule is CSN[C@H]1COC(CC(C)N2CCCC2)C1. The Morgan fingerprint density at radius 3 is 2.88 bits per heavy atom. The van der Waals surface area contributed by atoms with Gasteiger partial charge < -0.3 is 9.64 Å². The number of likely N-dealkylation sites (tertiary alicyclic amines) is 1. The number of ether oxygens (including phenoxy) is 1. The van der Waals surface area contributed by atoms with Crippen LogP contribution in [0.2, 0.25) is 0 Å². The molecule has 0 aromatic carbocycles. The highest BCUT2D eigenvalue weighted by Crippen LogP contribution is 2.22. The van der Waals surface area contributed by atoms with Gasteiger partial charge in [0.25, 0.3) is 0 Å². The summed E-state index contributed by atoms with van der Waals surface area (Å²) in [5.41, 5.74) is 0. The van der Waals surface area contributed by atoms with Crippen LogP contribution in [-0.2, 0) is 4.74 Å². The first-order chi connectivity index (χ1) is 7.79. The van der Waals surface area contributed by atoms with Crippen molar-refractivity contribution in [3.63, 3.8) is 0 Å². The molecule has 4 heteroatoms. The van der Waals surface area contributed by atoms with Gasteiger partial charge in [-0.2, -0.15) is 0 Å². The van der Waals surface area contributed by atoms with Crippen LogP contribution in [0.3, 0.4) is 0 Å². The van der Waals surface area contributed by atoms with E-state index in [1.807, 2.05) is 0 Å². The maximum atomic E-state index is 5.85. The first-order valence-corrected chi connectivity index (χ1v) is 7.66. The van der Waals surface area contributed by atoms with Gasteiger partial charge >= 0.3 is 0 Å². The predicted octanol–water partition coefficient (Wildman–Crippen LogP) is 1.89. The van der Waals surface area contributed by atoms with Crippen LogP contribution in [-0.4, -0.2) is 49.0 Å². The average Bonchev–Trinajstić information content (AvgIpc) is 2.89. The zero-order chi connectivity index (χ0) is 11.4. The molecule has 0 saturated carbocycles. The molecule has 16 heavy (non-hydrogen) atoms. The lowest BCUT2D eigenvalue weighted by atomic mass is 10.1. The third kappa shape index (κ3) is 3.36. The van der Waals surface area contributed by atoms with Gasteiger partial charge in [-0.25, -0.2) is 0 Å². The van der Waals surface area contributed by atoms with E-state index in [1.165, 1.54) is 38.8 Å². The van der Waals surface area contributed by atoms with Gasteiger partial charge in [0.05, 0.1) is 12.7 Å². The Balaban J connectivity index is 1.69. The van der Waals surface area contributed by atoms with Gasteiger partial charge in [-0.3, -0.25) is 4.72 Å². The fraction of sp³-hybridized carbons (Fsp3) is 1.00. The van der Waals surface area contributed by atoms with Crippen molar-refractivity contribution in [2.75, 3.05) is 26.0 Å². The van der Waals surface area contributed by atoms with Gasteiger partial charge in [-0.15, -0.1) is 0 Å². The van der Waals surface area contributed by atoms with E-state index in [9.17, 15) is 0 Å². The van der Waals surface area contributed by atoms with Crippen molar-refractivity contribution in [2.24, 2.45) is 0 Å². The summed E-state index contributed by atoms with van der Waals surface area (Å²) < 4.78 is 9.24. The van der Waals surface area contributed by atoms with Gasteiger partial charge in [-0.05, 0) is 52.0 Å². The van der Waals surface area contributed by atoms with Crippen LogP contribution in [0.5, 0.6) is 0 Å². The molecule has 0 aromatic rings. The molecule has 2 aliphatic rings. The Morgan fingerprint density at radius 2 is 2.19 bits per heavy atom. The maximum absolute atomic E-state index is 5.85. The molecule has 3 nitrogen and oxygen atoms in total. The fourth-order valence-electron chi connectivity index (χ4n) is 2.83. The summed E-state index contributed by atoms with van der Waals surface area (Å²) in [6.45, 7) is 5.82. The fourth-order valence-corrected chi connectivity index (χ4v) is 3.33. The summed E-state index contributed by atoms with van der Waals surface area (Å²) >= 11 is 1.70. The summed E-state index contributed by atoms with van der Waals surface area (Å²) in [6, 6.07) is 1.26. The Hall–Kier alpha value is 0.230. The molecule has 2 rings (SSSR count). The Morgan fingerprint density at radius 1 is 1.44 bits per heavy atom. The molecule has 1 N–H and O–H groups in total. The second-order valence-electron chi connectivity index (χ2n) is 5.04.